The largest absolute Gasteiger partial charge is 0.457 e. The maximum atomic E-state index is 14.0. The number of benzene rings is 2. The number of piperazine rings is 1. The Kier molecular flexibility index (Phi) is 8.11. The van der Waals surface area contributed by atoms with E-state index in [4.69, 9.17) is 16.3 Å². The zero-order valence-electron chi connectivity index (χ0n) is 20.1. The van der Waals surface area contributed by atoms with Crippen LogP contribution < -0.4 is 15.0 Å². The Morgan fingerprint density at radius 2 is 1.80 bits per heavy atom. The molecule has 8 heteroatoms. The molecule has 0 aliphatic carbocycles. The molecule has 0 radical (unpaired) electrons. The fourth-order valence-electron chi connectivity index (χ4n) is 4.55. The summed E-state index contributed by atoms with van der Waals surface area (Å²) in [4.78, 5) is 31.5. The maximum absolute atomic E-state index is 14.0. The minimum atomic E-state index is -0.793. The van der Waals surface area contributed by atoms with Crippen LogP contribution in [0.1, 0.15) is 30.3 Å². The van der Waals surface area contributed by atoms with Crippen molar-refractivity contribution in [2.45, 2.75) is 38.9 Å². The highest BCUT2D eigenvalue weighted by molar-refractivity contribution is 7.10. The minimum Gasteiger partial charge on any atom is -0.457 e. The highest BCUT2D eigenvalue weighted by Gasteiger charge is 2.38. The van der Waals surface area contributed by atoms with E-state index in [9.17, 15) is 9.59 Å². The Morgan fingerprint density at radius 1 is 1.09 bits per heavy atom. The summed E-state index contributed by atoms with van der Waals surface area (Å²) in [5.74, 6) is 0.719. The van der Waals surface area contributed by atoms with Crippen LogP contribution in [0.3, 0.4) is 0 Å². The Bertz CT molecular complexity index is 1150. The molecule has 3 atom stereocenters. The first-order valence-corrected chi connectivity index (χ1v) is 13.1. The second-order valence-corrected chi connectivity index (χ2v) is 10.1. The molecule has 35 heavy (non-hydrogen) atoms. The number of nitrogens with one attached hydrogen (secondary N) is 1. The molecule has 4 rings (SSSR count). The monoisotopic (exact) mass is 511 g/mol. The van der Waals surface area contributed by atoms with Crippen LogP contribution in [0, 0.1) is 6.92 Å². The Morgan fingerprint density at radius 3 is 2.40 bits per heavy atom. The lowest BCUT2D eigenvalue weighted by molar-refractivity contribution is -0.136. The van der Waals surface area contributed by atoms with Crippen LogP contribution in [0.4, 0.5) is 5.69 Å². The van der Waals surface area contributed by atoms with E-state index in [0.29, 0.717) is 24.5 Å². The lowest BCUT2D eigenvalue weighted by atomic mass is 10.1. The van der Waals surface area contributed by atoms with E-state index in [0.717, 1.165) is 16.2 Å². The standard InChI is InChI=1S/C27H30ClN3O3S/c1-18-14-22(34-21-8-5-4-6-9-21)11-12-23(18)31(25(32)15-28)26(24-10-7-13-35-24)27(33)30-16-19(2)29-20(3)17-30/h4-14,19-20,26,29H,15-17H2,1-3H3. The van der Waals surface area contributed by atoms with E-state index >= 15 is 0 Å². The molecular formula is C27H30ClN3O3S. The van der Waals surface area contributed by atoms with Crippen molar-refractivity contribution < 1.29 is 14.3 Å². The Labute approximate surface area is 215 Å². The normalized spacial score (nSPS) is 18.7. The van der Waals surface area contributed by atoms with Crippen LogP contribution in [0.15, 0.2) is 66.0 Å². The number of anilines is 1. The average molecular weight is 512 g/mol. The first-order valence-electron chi connectivity index (χ1n) is 11.7. The van der Waals surface area contributed by atoms with Crippen LogP contribution in [-0.4, -0.2) is 47.8 Å². The number of thiophene rings is 1. The van der Waals surface area contributed by atoms with Crippen molar-refractivity contribution in [3.05, 3.63) is 76.5 Å². The average Bonchev–Trinajstić information content (AvgIpc) is 3.37. The van der Waals surface area contributed by atoms with Crippen LogP contribution >= 0.6 is 22.9 Å². The van der Waals surface area contributed by atoms with E-state index in [1.54, 1.807) is 4.90 Å². The molecule has 0 spiro atoms. The van der Waals surface area contributed by atoms with Gasteiger partial charge in [-0.25, -0.2) is 0 Å². The fourth-order valence-corrected chi connectivity index (χ4v) is 5.49. The number of hydrogen-bond acceptors (Lipinski definition) is 5. The van der Waals surface area contributed by atoms with E-state index in [1.165, 1.54) is 11.3 Å². The third-order valence-electron chi connectivity index (χ3n) is 5.96. The predicted molar refractivity (Wildman–Crippen MR) is 142 cm³/mol. The summed E-state index contributed by atoms with van der Waals surface area (Å²) in [6.45, 7) is 7.20. The smallest absolute Gasteiger partial charge is 0.251 e. The topological polar surface area (TPSA) is 61.9 Å². The molecule has 184 valence electrons. The summed E-state index contributed by atoms with van der Waals surface area (Å²) < 4.78 is 5.97. The van der Waals surface area contributed by atoms with Gasteiger partial charge in [0.1, 0.15) is 23.4 Å². The summed E-state index contributed by atoms with van der Waals surface area (Å²) in [6.07, 6.45) is 0. The number of para-hydroxylation sites is 1. The van der Waals surface area contributed by atoms with Gasteiger partial charge >= 0.3 is 0 Å². The van der Waals surface area contributed by atoms with Gasteiger partial charge in [0, 0.05) is 35.7 Å². The summed E-state index contributed by atoms with van der Waals surface area (Å²) in [5, 5.41) is 5.38. The van der Waals surface area contributed by atoms with Gasteiger partial charge in [-0.15, -0.1) is 22.9 Å². The molecule has 1 N–H and O–H groups in total. The molecule has 3 aromatic rings. The second kappa shape index (κ2) is 11.2. The van der Waals surface area contributed by atoms with Gasteiger partial charge in [-0.2, -0.15) is 0 Å². The van der Waals surface area contributed by atoms with Gasteiger partial charge in [0.25, 0.3) is 5.91 Å². The van der Waals surface area contributed by atoms with E-state index in [1.807, 2.05) is 77.9 Å². The first-order chi connectivity index (χ1) is 16.9. The third kappa shape index (κ3) is 5.86. The summed E-state index contributed by atoms with van der Waals surface area (Å²) >= 11 is 7.54. The van der Waals surface area contributed by atoms with Gasteiger partial charge in [0.05, 0.1) is 0 Å². The number of carbonyl (C=O) groups excluding carboxylic acids is 2. The number of carbonyl (C=O) groups is 2. The molecule has 2 heterocycles. The van der Waals surface area contributed by atoms with E-state index in [-0.39, 0.29) is 29.8 Å². The number of ether oxygens (including phenoxy) is 1. The molecule has 3 unspecified atom stereocenters. The molecular weight excluding hydrogens is 482 g/mol. The maximum Gasteiger partial charge on any atom is 0.251 e. The molecule has 1 aliphatic heterocycles. The number of alkyl halides is 1. The Balaban J connectivity index is 1.71. The SMILES string of the molecule is Cc1cc(Oc2ccccc2)ccc1N(C(=O)CCl)C(C(=O)N1CC(C)NC(C)C1)c1cccs1. The van der Waals surface area contributed by atoms with Crippen LogP contribution in [0.5, 0.6) is 11.5 Å². The van der Waals surface area contributed by atoms with Crippen molar-refractivity contribution in [3.63, 3.8) is 0 Å². The molecule has 1 saturated heterocycles. The second-order valence-electron chi connectivity index (χ2n) is 8.89. The van der Waals surface area contributed by atoms with Gasteiger partial charge in [0.2, 0.25) is 5.91 Å². The Hall–Kier alpha value is -2.87. The quantitative estimate of drug-likeness (QED) is 0.433. The predicted octanol–water partition coefficient (Wildman–Crippen LogP) is 5.37. The van der Waals surface area contributed by atoms with Gasteiger partial charge < -0.3 is 15.0 Å². The number of amides is 2. The molecule has 1 aliphatic rings. The molecule has 1 fully saturated rings. The summed E-state index contributed by atoms with van der Waals surface area (Å²) in [6, 6.07) is 18.4. The number of aryl methyl sites for hydroxylation is 1. The van der Waals surface area contributed by atoms with Gasteiger partial charge in [-0.3, -0.25) is 14.5 Å². The number of halogens is 1. The highest BCUT2D eigenvalue weighted by Crippen LogP contribution is 2.36. The van der Waals surface area contributed by atoms with E-state index in [2.05, 4.69) is 19.2 Å². The molecule has 6 nitrogen and oxygen atoms in total. The lowest BCUT2D eigenvalue weighted by Gasteiger charge is -2.40. The molecule has 0 bridgehead atoms. The minimum absolute atomic E-state index is 0.102. The number of hydrogen-bond donors (Lipinski definition) is 1. The van der Waals surface area contributed by atoms with Gasteiger partial charge in [0.15, 0.2) is 0 Å². The lowest BCUT2D eigenvalue weighted by Crippen LogP contribution is -2.58. The van der Waals surface area contributed by atoms with Crippen molar-refractivity contribution in [2.24, 2.45) is 0 Å². The zero-order chi connectivity index (χ0) is 24.9. The summed E-state index contributed by atoms with van der Waals surface area (Å²) in [7, 11) is 0. The van der Waals surface area contributed by atoms with Crippen molar-refractivity contribution in [3.8, 4) is 11.5 Å². The van der Waals surface area contributed by atoms with Gasteiger partial charge in [-0.1, -0.05) is 24.3 Å². The van der Waals surface area contributed by atoms with Crippen LogP contribution in [0.25, 0.3) is 0 Å². The van der Waals surface area contributed by atoms with Crippen molar-refractivity contribution in [1.29, 1.82) is 0 Å². The van der Waals surface area contributed by atoms with Gasteiger partial charge in [-0.05, 0) is 68.1 Å². The van der Waals surface area contributed by atoms with E-state index < -0.39 is 6.04 Å². The third-order valence-corrected chi connectivity index (χ3v) is 7.12. The zero-order valence-corrected chi connectivity index (χ0v) is 21.7. The van der Waals surface area contributed by atoms with Crippen LogP contribution in [0.2, 0.25) is 0 Å². The first kappa shape index (κ1) is 25.2. The summed E-state index contributed by atoms with van der Waals surface area (Å²) in [5.41, 5.74) is 1.45. The highest BCUT2D eigenvalue weighted by atomic mass is 35.5. The molecule has 2 aromatic carbocycles. The number of rotatable bonds is 7. The molecule has 2 amide bonds. The van der Waals surface area contributed by atoms with Crippen molar-refractivity contribution >= 4 is 40.4 Å². The molecule has 1 aromatic heterocycles. The fraction of sp³-hybridized carbons (Fsp3) is 0.333. The van der Waals surface area contributed by atoms with Crippen molar-refractivity contribution in [1.82, 2.24) is 10.2 Å². The number of nitrogens with zero attached hydrogens (tertiary/aromatic N) is 2. The van der Waals surface area contributed by atoms with Crippen LogP contribution in [-0.2, 0) is 9.59 Å². The van der Waals surface area contributed by atoms with Crippen molar-refractivity contribution in [2.75, 3.05) is 23.9 Å². The molecule has 0 saturated carbocycles.